The minimum absolute atomic E-state index is 0.359. The third-order valence-electron chi connectivity index (χ3n) is 3.63. The lowest BCUT2D eigenvalue weighted by molar-refractivity contribution is -0.165. The minimum atomic E-state index is -0.847. The van der Waals surface area contributed by atoms with E-state index in [4.69, 9.17) is 19.9 Å². The van der Waals surface area contributed by atoms with Gasteiger partial charge < -0.3 is 19.9 Å². The van der Waals surface area contributed by atoms with Gasteiger partial charge >= 0.3 is 6.09 Å². The fourth-order valence-corrected chi connectivity index (χ4v) is 3.56. The Morgan fingerprint density at radius 2 is 2.14 bits per heavy atom. The van der Waals surface area contributed by atoms with E-state index >= 15 is 0 Å². The van der Waals surface area contributed by atoms with E-state index in [0.29, 0.717) is 18.8 Å². The fourth-order valence-electron chi connectivity index (χ4n) is 2.72. The second-order valence-corrected chi connectivity index (χ2v) is 6.76. The largest absolute Gasteiger partial charge is 0.439 e. The molecular formula is C16H23NO4S. The molecule has 0 saturated carbocycles. The molecule has 1 aliphatic heterocycles. The summed E-state index contributed by atoms with van der Waals surface area (Å²) < 4.78 is 17.2. The number of hydrogen-bond donors (Lipinski definition) is 1. The standard InChI is InChI=1S/C16H23NO4S/c1-15(2)19-10-13(20-15)16(11-22-3,21-14(17)18)9-12-7-5-4-6-8-12/h4-8,13H,9-11H2,1-3H3,(H2,17,18). The van der Waals surface area contributed by atoms with Crippen LogP contribution >= 0.6 is 11.8 Å². The van der Waals surface area contributed by atoms with Gasteiger partial charge in [0.25, 0.3) is 0 Å². The first-order valence-electron chi connectivity index (χ1n) is 7.20. The molecule has 2 rings (SSSR count). The highest BCUT2D eigenvalue weighted by molar-refractivity contribution is 7.98. The maximum absolute atomic E-state index is 11.5. The molecule has 0 bridgehead atoms. The summed E-state index contributed by atoms with van der Waals surface area (Å²) in [5.74, 6) is -0.110. The predicted molar refractivity (Wildman–Crippen MR) is 86.8 cm³/mol. The fraction of sp³-hybridized carbons (Fsp3) is 0.562. The molecule has 0 spiro atoms. The molecule has 2 unspecified atom stereocenters. The van der Waals surface area contributed by atoms with Crippen molar-refractivity contribution in [2.45, 2.75) is 37.8 Å². The van der Waals surface area contributed by atoms with Crippen molar-refractivity contribution in [3.63, 3.8) is 0 Å². The summed E-state index contributed by atoms with van der Waals surface area (Å²) in [6.07, 6.45) is 1.34. The van der Waals surface area contributed by atoms with E-state index in [0.717, 1.165) is 5.56 Å². The van der Waals surface area contributed by atoms with Gasteiger partial charge in [0, 0.05) is 12.2 Å². The third kappa shape index (κ3) is 4.15. The second kappa shape index (κ2) is 6.89. The van der Waals surface area contributed by atoms with Gasteiger partial charge in [0.2, 0.25) is 0 Å². The Kier molecular flexibility index (Phi) is 5.36. The molecule has 1 heterocycles. The van der Waals surface area contributed by atoms with E-state index in [1.165, 1.54) is 0 Å². The van der Waals surface area contributed by atoms with Crippen LogP contribution < -0.4 is 5.73 Å². The average molecular weight is 325 g/mol. The number of carbonyl (C=O) groups excluding carboxylic acids is 1. The van der Waals surface area contributed by atoms with Crippen LogP contribution in [-0.4, -0.2) is 42.2 Å². The zero-order chi connectivity index (χ0) is 16.2. The molecule has 1 aliphatic rings. The van der Waals surface area contributed by atoms with E-state index in [1.54, 1.807) is 11.8 Å². The molecule has 1 aromatic carbocycles. The van der Waals surface area contributed by atoms with Gasteiger partial charge in [-0.15, -0.1) is 0 Å². The van der Waals surface area contributed by atoms with Gasteiger partial charge in [-0.1, -0.05) is 30.3 Å². The van der Waals surface area contributed by atoms with E-state index < -0.39 is 17.5 Å². The summed E-state index contributed by atoms with van der Waals surface area (Å²) >= 11 is 1.59. The van der Waals surface area contributed by atoms with Gasteiger partial charge in [-0.2, -0.15) is 11.8 Å². The smallest absolute Gasteiger partial charge is 0.405 e. The number of ether oxygens (including phenoxy) is 3. The van der Waals surface area contributed by atoms with E-state index in [1.807, 2.05) is 50.4 Å². The highest BCUT2D eigenvalue weighted by Crippen LogP contribution is 2.35. The Labute approximate surface area is 135 Å². The molecule has 0 aromatic heterocycles. The molecule has 1 aromatic rings. The van der Waals surface area contributed by atoms with Crippen molar-refractivity contribution >= 4 is 17.9 Å². The number of hydrogen-bond acceptors (Lipinski definition) is 5. The van der Waals surface area contributed by atoms with Gasteiger partial charge in [0.05, 0.1) is 6.61 Å². The molecule has 0 radical (unpaired) electrons. The predicted octanol–water partition coefficient (Wildman–Crippen LogP) is 2.58. The highest BCUT2D eigenvalue weighted by Gasteiger charge is 2.49. The lowest BCUT2D eigenvalue weighted by atomic mass is 9.90. The van der Waals surface area contributed by atoms with Crippen molar-refractivity contribution in [1.29, 1.82) is 0 Å². The van der Waals surface area contributed by atoms with Crippen LogP contribution in [0.25, 0.3) is 0 Å². The summed E-state index contributed by atoms with van der Waals surface area (Å²) in [5, 5.41) is 0. The Bertz CT molecular complexity index is 508. The molecule has 1 fully saturated rings. The van der Waals surface area contributed by atoms with Crippen LogP contribution in [-0.2, 0) is 20.6 Å². The van der Waals surface area contributed by atoms with E-state index in [-0.39, 0.29) is 6.10 Å². The molecule has 6 heteroatoms. The SMILES string of the molecule is CSCC(Cc1ccccc1)(OC(N)=O)C1COC(C)(C)O1. The molecular weight excluding hydrogens is 302 g/mol. The third-order valence-corrected chi connectivity index (χ3v) is 4.41. The number of primary amides is 1. The number of amides is 1. The average Bonchev–Trinajstić information content (AvgIpc) is 2.80. The molecule has 22 heavy (non-hydrogen) atoms. The molecule has 2 N–H and O–H groups in total. The summed E-state index contributed by atoms with van der Waals surface area (Å²) in [4.78, 5) is 11.5. The molecule has 1 amide bonds. The lowest BCUT2D eigenvalue weighted by Crippen LogP contribution is -2.53. The monoisotopic (exact) mass is 325 g/mol. The number of benzene rings is 1. The van der Waals surface area contributed by atoms with Crippen molar-refractivity contribution < 1.29 is 19.0 Å². The maximum atomic E-state index is 11.5. The molecule has 0 aliphatic carbocycles. The Morgan fingerprint density at radius 1 is 1.45 bits per heavy atom. The van der Waals surface area contributed by atoms with Crippen LogP contribution in [0.4, 0.5) is 4.79 Å². The van der Waals surface area contributed by atoms with Gasteiger partial charge in [0.1, 0.15) is 6.10 Å². The summed E-state index contributed by atoms with van der Waals surface area (Å²) in [7, 11) is 0. The minimum Gasteiger partial charge on any atom is -0.439 e. The molecule has 1 saturated heterocycles. The van der Waals surface area contributed by atoms with Crippen molar-refractivity contribution in [3.8, 4) is 0 Å². The zero-order valence-corrected chi connectivity index (χ0v) is 14.0. The molecule has 5 nitrogen and oxygen atoms in total. The van der Waals surface area contributed by atoms with Crippen LogP contribution in [0.5, 0.6) is 0 Å². The quantitative estimate of drug-likeness (QED) is 0.870. The van der Waals surface area contributed by atoms with Crippen molar-refractivity contribution in [2.24, 2.45) is 5.73 Å². The summed E-state index contributed by atoms with van der Waals surface area (Å²) in [5.41, 5.74) is 5.55. The highest BCUT2D eigenvalue weighted by atomic mass is 32.2. The summed E-state index contributed by atoms with van der Waals surface area (Å²) in [6, 6.07) is 9.87. The van der Waals surface area contributed by atoms with Gasteiger partial charge in [-0.05, 0) is 25.7 Å². The number of nitrogens with two attached hydrogens (primary N) is 1. The zero-order valence-electron chi connectivity index (χ0n) is 13.2. The van der Waals surface area contributed by atoms with Crippen molar-refractivity contribution in [1.82, 2.24) is 0 Å². The van der Waals surface area contributed by atoms with Crippen LogP contribution in [0.1, 0.15) is 19.4 Å². The van der Waals surface area contributed by atoms with Crippen LogP contribution in [0.15, 0.2) is 30.3 Å². The van der Waals surface area contributed by atoms with Gasteiger partial charge in [-0.25, -0.2) is 4.79 Å². The maximum Gasteiger partial charge on any atom is 0.405 e. The number of rotatable bonds is 6. The Hall–Kier alpha value is -1.24. The molecule has 2 atom stereocenters. The van der Waals surface area contributed by atoms with E-state index in [2.05, 4.69) is 0 Å². The van der Waals surface area contributed by atoms with Gasteiger partial charge in [0.15, 0.2) is 11.4 Å². The topological polar surface area (TPSA) is 70.8 Å². The first kappa shape index (κ1) is 17.1. The molecule has 122 valence electrons. The van der Waals surface area contributed by atoms with Crippen molar-refractivity contribution in [2.75, 3.05) is 18.6 Å². The Morgan fingerprint density at radius 3 is 2.64 bits per heavy atom. The lowest BCUT2D eigenvalue weighted by Gasteiger charge is -2.37. The van der Waals surface area contributed by atoms with Gasteiger partial charge in [-0.3, -0.25) is 0 Å². The summed E-state index contributed by atoms with van der Waals surface area (Å²) in [6.45, 7) is 4.07. The normalized spacial score (nSPS) is 23.0. The first-order valence-corrected chi connectivity index (χ1v) is 8.59. The van der Waals surface area contributed by atoms with Crippen LogP contribution in [0, 0.1) is 0 Å². The van der Waals surface area contributed by atoms with Crippen LogP contribution in [0.2, 0.25) is 0 Å². The second-order valence-electron chi connectivity index (χ2n) is 5.90. The Balaban J connectivity index is 2.31. The number of carbonyl (C=O) groups is 1. The van der Waals surface area contributed by atoms with Crippen molar-refractivity contribution in [3.05, 3.63) is 35.9 Å². The van der Waals surface area contributed by atoms with E-state index in [9.17, 15) is 4.79 Å². The first-order chi connectivity index (χ1) is 10.4. The van der Waals surface area contributed by atoms with Crippen LogP contribution in [0.3, 0.4) is 0 Å². The number of thioether (sulfide) groups is 1.